The number of hydrogen-bond acceptors (Lipinski definition) is 2. The molecule has 0 fully saturated rings. The summed E-state index contributed by atoms with van der Waals surface area (Å²) in [5.74, 6) is 0.605. The zero-order valence-electron chi connectivity index (χ0n) is 9.62. The van der Waals surface area contributed by atoms with E-state index in [-0.39, 0.29) is 6.04 Å². The van der Waals surface area contributed by atoms with Crippen molar-refractivity contribution >= 4 is 40.6 Å². The van der Waals surface area contributed by atoms with Gasteiger partial charge in [0.1, 0.15) is 5.82 Å². The Kier molecular flexibility index (Phi) is 4.33. The van der Waals surface area contributed by atoms with Gasteiger partial charge >= 0.3 is 0 Å². The van der Waals surface area contributed by atoms with Crippen LogP contribution in [-0.2, 0) is 0 Å². The van der Waals surface area contributed by atoms with Crippen molar-refractivity contribution in [3.05, 3.63) is 57.2 Å². The molecule has 0 radical (unpaired) electrons. The number of benzene rings is 1. The lowest BCUT2D eigenvalue weighted by Crippen LogP contribution is -2.08. The van der Waals surface area contributed by atoms with Gasteiger partial charge in [0.05, 0.1) is 16.1 Å². The zero-order chi connectivity index (χ0) is 13.1. The van der Waals surface area contributed by atoms with Crippen LogP contribution in [0.2, 0.25) is 15.1 Å². The summed E-state index contributed by atoms with van der Waals surface area (Å²) in [5, 5.41) is 4.94. The normalized spacial score (nSPS) is 12.2. The van der Waals surface area contributed by atoms with Crippen molar-refractivity contribution in [3.8, 4) is 0 Å². The van der Waals surface area contributed by atoms with Gasteiger partial charge in [-0.3, -0.25) is 0 Å². The van der Waals surface area contributed by atoms with Crippen LogP contribution < -0.4 is 5.32 Å². The van der Waals surface area contributed by atoms with Crippen LogP contribution in [-0.4, -0.2) is 4.98 Å². The minimum absolute atomic E-state index is 0.0508. The molecule has 1 aromatic heterocycles. The second-order valence-electron chi connectivity index (χ2n) is 3.90. The molecule has 0 aliphatic rings. The van der Waals surface area contributed by atoms with E-state index in [4.69, 9.17) is 34.8 Å². The van der Waals surface area contributed by atoms with Crippen molar-refractivity contribution in [2.45, 2.75) is 13.0 Å². The number of aromatic nitrogens is 1. The molecule has 94 valence electrons. The first-order valence-electron chi connectivity index (χ1n) is 5.39. The summed E-state index contributed by atoms with van der Waals surface area (Å²) in [5.41, 5.74) is 1.07. The standard InChI is InChI=1S/C13H11Cl3N2/c1-8(9-3-2-4-10(14)5-9)18-13-12(16)6-11(15)7-17-13/h2-8H,1H3,(H,17,18). The third-order valence-corrected chi connectivity index (χ3v) is 3.24. The van der Waals surface area contributed by atoms with Crippen LogP contribution in [0.15, 0.2) is 36.5 Å². The van der Waals surface area contributed by atoms with E-state index < -0.39 is 0 Å². The molecule has 18 heavy (non-hydrogen) atoms. The zero-order valence-corrected chi connectivity index (χ0v) is 11.9. The third kappa shape index (κ3) is 3.29. The topological polar surface area (TPSA) is 24.9 Å². The monoisotopic (exact) mass is 300 g/mol. The highest BCUT2D eigenvalue weighted by atomic mass is 35.5. The van der Waals surface area contributed by atoms with Gasteiger partial charge in [0.25, 0.3) is 0 Å². The molecule has 1 unspecified atom stereocenters. The molecule has 2 aromatic rings. The molecule has 1 aromatic carbocycles. The summed E-state index contributed by atoms with van der Waals surface area (Å²) in [6.45, 7) is 2.01. The molecular formula is C13H11Cl3N2. The fourth-order valence-corrected chi connectivity index (χ4v) is 2.22. The first-order chi connectivity index (χ1) is 8.56. The predicted octanol–water partition coefficient (Wildman–Crippen LogP) is 5.21. The third-order valence-electron chi connectivity index (χ3n) is 2.51. The lowest BCUT2D eigenvalue weighted by atomic mass is 10.1. The number of halogens is 3. The van der Waals surface area contributed by atoms with Gasteiger partial charge in [0.2, 0.25) is 0 Å². The van der Waals surface area contributed by atoms with Crippen LogP contribution in [0.3, 0.4) is 0 Å². The quantitative estimate of drug-likeness (QED) is 0.841. The van der Waals surface area contributed by atoms with Gasteiger partial charge in [0.15, 0.2) is 0 Å². The van der Waals surface area contributed by atoms with E-state index in [1.54, 1.807) is 12.3 Å². The summed E-state index contributed by atoms with van der Waals surface area (Å²) in [6, 6.07) is 9.35. The van der Waals surface area contributed by atoms with E-state index >= 15 is 0 Å². The Hall–Kier alpha value is -0.960. The van der Waals surface area contributed by atoms with Gasteiger partial charge in [-0.2, -0.15) is 0 Å². The summed E-state index contributed by atoms with van der Waals surface area (Å²) >= 11 is 17.8. The average molecular weight is 302 g/mol. The van der Waals surface area contributed by atoms with Crippen molar-refractivity contribution in [2.75, 3.05) is 5.32 Å². The van der Waals surface area contributed by atoms with Crippen molar-refractivity contribution in [3.63, 3.8) is 0 Å². The Bertz CT molecular complexity index is 558. The Morgan fingerprint density at radius 2 is 1.89 bits per heavy atom. The molecule has 2 nitrogen and oxygen atoms in total. The molecule has 0 amide bonds. The lowest BCUT2D eigenvalue weighted by Gasteiger charge is -2.16. The van der Waals surface area contributed by atoms with Gasteiger partial charge in [0, 0.05) is 11.2 Å². The number of pyridine rings is 1. The average Bonchev–Trinajstić information content (AvgIpc) is 2.32. The number of nitrogens with zero attached hydrogens (tertiary/aromatic N) is 1. The molecule has 2 rings (SSSR count). The molecular weight excluding hydrogens is 291 g/mol. The van der Waals surface area contributed by atoms with E-state index in [0.29, 0.717) is 20.9 Å². The van der Waals surface area contributed by atoms with E-state index in [2.05, 4.69) is 10.3 Å². The van der Waals surface area contributed by atoms with Gasteiger partial charge in [-0.05, 0) is 30.7 Å². The van der Waals surface area contributed by atoms with Crippen LogP contribution in [0.5, 0.6) is 0 Å². The second-order valence-corrected chi connectivity index (χ2v) is 5.19. The second kappa shape index (κ2) is 5.79. The van der Waals surface area contributed by atoms with Gasteiger partial charge in [-0.25, -0.2) is 4.98 Å². The van der Waals surface area contributed by atoms with E-state index in [0.717, 1.165) is 5.56 Å². The number of hydrogen-bond donors (Lipinski definition) is 1. The summed E-state index contributed by atoms with van der Waals surface area (Å²) in [4.78, 5) is 4.16. The predicted molar refractivity (Wildman–Crippen MR) is 77.7 cm³/mol. The summed E-state index contributed by atoms with van der Waals surface area (Å²) < 4.78 is 0. The first kappa shape index (κ1) is 13.5. The fourth-order valence-electron chi connectivity index (χ4n) is 1.59. The van der Waals surface area contributed by atoms with Crippen LogP contribution in [0.1, 0.15) is 18.5 Å². The number of nitrogens with one attached hydrogen (secondary N) is 1. The van der Waals surface area contributed by atoms with E-state index in [1.807, 2.05) is 31.2 Å². The maximum atomic E-state index is 6.06. The van der Waals surface area contributed by atoms with Crippen molar-refractivity contribution in [2.24, 2.45) is 0 Å². The molecule has 0 saturated carbocycles. The first-order valence-corrected chi connectivity index (χ1v) is 6.52. The largest absolute Gasteiger partial charge is 0.362 e. The maximum absolute atomic E-state index is 6.06. The smallest absolute Gasteiger partial charge is 0.145 e. The van der Waals surface area contributed by atoms with Crippen molar-refractivity contribution in [1.29, 1.82) is 0 Å². The molecule has 5 heteroatoms. The van der Waals surface area contributed by atoms with Crippen LogP contribution >= 0.6 is 34.8 Å². The molecule has 1 heterocycles. The van der Waals surface area contributed by atoms with Gasteiger partial charge < -0.3 is 5.32 Å². The molecule has 0 aliphatic heterocycles. The highest BCUT2D eigenvalue weighted by Crippen LogP contribution is 2.27. The van der Waals surface area contributed by atoms with Crippen LogP contribution in [0.4, 0.5) is 5.82 Å². The van der Waals surface area contributed by atoms with Crippen LogP contribution in [0, 0.1) is 0 Å². The minimum atomic E-state index is 0.0508. The van der Waals surface area contributed by atoms with Crippen LogP contribution in [0.25, 0.3) is 0 Å². The highest BCUT2D eigenvalue weighted by Gasteiger charge is 2.09. The van der Waals surface area contributed by atoms with Gasteiger partial charge in [-0.15, -0.1) is 0 Å². The maximum Gasteiger partial charge on any atom is 0.145 e. The number of anilines is 1. The van der Waals surface area contributed by atoms with Gasteiger partial charge in [-0.1, -0.05) is 46.9 Å². The molecule has 0 bridgehead atoms. The summed E-state index contributed by atoms with van der Waals surface area (Å²) in [6.07, 6.45) is 1.56. The Balaban J connectivity index is 2.18. The fraction of sp³-hybridized carbons (Fsp3) is 0.154. The minimum Gasteiger partial charge on any atom is -0.362 e. The molecule has 0 aliphatic carbocycles. The summed E-state index contributed by atoms with van der Waals surface area (Å²) in [7, 11) is 0. The lowest BCUT2D eigenvalue weighted by molar-refractivity contribution is 0.875. The molecule has 0 saturated heterocycles. The Labute approximate surface area is 121 Å². The Morgan fingerprint density at radius 1 is 1.11 bits per heavy atom. The Morgan fingerprint density at radius 3 is 2.56 bits per heavy atom. The number of rotatable bonds is 3. The van der Waals surface area contributed by atoms with Crippen molar-refractivity contribution < 1.29 is 0 Å². The van der Waals surface area contributed by atoms with E-state index in [9.17, 15) is 0 Å². The highest BCUT2D eigenvalue weighted by molar-refractivity contribution is 6.36. The molecule has 1 N–H and O–H groups in total. The SMILES string of the molecule is CC(Nc1ncc(Cl)cc1Cl)c1cccc(Cl)c1. The molecule has 1 atom stereocenters. The molecule has 0 spiro atoms. The van der Waals surface area contributed by atoms with E-state index in [1.165, 1.54) is 0 Å². The van der Waals surface area contributed by atoms with Crippen molar-refractivity contribution in [1.82, 2.24) is 4.98 Å².